The van der Waals surface area contributed by atoms with Crippen LogP contribution in [0.3, 0.4) is 0 Å². The predicted molar refractivity (Wildman–Crippen MR) is 160 cm³/mol. The van der Waals surface area contributed by atoms with E-state index < -0.39 is 22.9 Å². The first-order valence-corrected chi connectivity index (χ1v) is 13.5. The number of nitrogens with one attached hydrogen (secondary N) is 1. The Morgan fingerprint density at radius 2 is 1.88 bits per heavy atom. The minimum absolute atomic E-state index is 0.0102. The summed E-state index contributed by atoms with van der Waals surface area (Å²) in [6.45, 7) is 11.4. The number of imidazole rings is 1. The number of likely N-dealkylation sites (N-methyl/N-ethyl adjacent to an activating group) is 1. The summed E-state index contributed by atoms with van der Waals surface area (Å²) in [5.41, 5.74) is 0.375. The number of carbonyl (C=O) groups excluding carboxylic acids is 1. The number of benzene rings is 1. The minimum atomic E-state index is -0.618. The highest BCUT2D eigenvalue weighted by molar-refractivity contribution is 5.85. The molecule has 11 nitrogen and oxygen atoms in total. The molecule has 0 aliphatic rings. The van der Waals surface area contributed by atoms with Gasteiger partial charge in [0.2, 0.25) is 5.95 Å². The molecule has 1 aromatic carbocycles. The zero-order valence-corrected chi connectivity index (χ0v) is 24.9. The number of hydrogen-bond acceptors (Lipinski definition) is 7. The van der Waals surface area contributed by atoms with Gasteiger partial charge in [-0.25, -0.2) is 9.59 Å². The Bertz CT molecular complexity index is 1800. The van der Waals surface area contributed by atoms with Crippen molar-refractivity contribution < 1.29 is 9.53 Å². The smallest absolute Gasteiger partial charge is 0.407 e. The first-order valence-electron chi connectivity index (χ1n) is 13.5. The summed E-state index contributed by atoms with van der Waals surface area (Å²) in [5.74, 6) is 6.34. The van der Waals surface area contributed by atoms with E-state index in [0.717, 1.165) is 16.5 Å². The average Bonchev–Trinajstić information content (AvgIpc) is 3.27. The largest absolute Gasteiger partial charge is 0.444 e. The fraction of sp³-hybridized carbons (Fsp3) is 0.433. The number of rotatable bonds is 7. The Balaban J connectivity index is 1.78. The van der Waals surface area contributed by atoms with Crippen molar-refractivity contribution in [3.8, 4) is 11.8 Å². The van der Waals surface area contributed by atoms with Crippen molar-refractivity contribution in [3.63, 3.8) is 0 Å². The maximum Gasteiger partial charge on any atom is 0.407 e. The normalized spacial score (nSPS) is 12.2. The van der Waals surface area contributed by atoms with Gasteiger partial charge in [-0.15, -0.1) is 5.92 Å². The molecule has 0 fully saturated rings. The summed E-state index contributed by atoms with van der Waals surface area (Å²) in [4.78, 5) is 50.9. The summed E-state index contributed by atoms with van der Waals surface area (Å²) in [5, 5.41) is 4.69. The summed E-state index contributed by atoms with van der Waals surface area (Å²) in [6, 6.07) is 9.44. The standard InChI is InChI=1S/C30H37N7O4/c1-9-10-15-36-24-25(33-27(36)34(7)17-20(3)32-28(39)41-30(4,5)6)35(8)29(40)37(26(24)38)18-23-22-14-12-11-13-21(22)16-19(2)31-23/h11-14,16,20H,15,17-18H2,1-8H3,(H,32,39)/t20-/m0/s1. The molecular formula is C30H37N7O4. The van der Waals surface area contributed by atoms with E-state index in [1.54, 1.807) is 39.3 Å². The number of nitrogens with zero attached hydrogens (tertiary/aromatic N) is 6. The second-order valence-corrected chi connectivity index (χ2v) is 11.2. The topological polar surface area (TPSA) is 116 Å². The van der Waals surface area contributed by atoms with Crippen molar-refractivity contribution in [3.05, 3.63) is 62.6 Å². The number of carbonyl (C=O) groups is 1. The average molecular weight is 560 g/mol. The van der Waals surface area contributed by atoms with Gasteiger partial charge in [-0.3, -0.25) is 23.5 Å². The Labute approximate surface area is 238 Å². The van der Waals surface area contributed by atoms with E-state index in [2.05, 4.69) is 22.1 Å². The van der Waals surface area contributed by atoms with Gasteiger partial charge in [-0.2, -0.15) is 4.98 Å². The Kier molecular flexibility index (Phi) is 8.24. The fourth-order valence-electron chi connectivity index (χ4n) is 4.83. The third-order valence-electron chi connectivity index (χ3n) is 6.53. The van der Waals surface area contributed by atoms with Crippen LogP contribution in [0.15, 0.2) is 39.9 Å². The molecule has 1 atom stereocenters. The second kappa shape index (κ2) is 11.5. The number of alkyl carbamates (subject to hydrolysis) is 1. The highest BCUT2D eigenvalue weighted by Gasteiger charge is 2.24. The van der Waals surface area contributed by atoms with Crippen LogP contribution >= 0.6 is 0 Å². The fourth-order valence-corrected chi connectivity index (χ4v) is 4.83. The van der Waals surface area contributed by atoms with Gasteiger partial charge in [0.1, 0.15) is 5.60 Å². The molecular weight excluding hydrogens is 522 g/mol. The molecule has 0 saturated heterocycles. The number of amides is 1. The molecule has 0 aliphatic heterocycles. The lowest BCUT2D eigenvalue weighted by molar-refractivity contribution is 0.0510. The summed E-state index contributed by atoms with van der Waals surface area (Å²) in [7, 11) is 3.41. The maximum atomic E-state index is 14.0. The van der Waals surface area contributed by atoms with E-state index >= 15 is 0 Å². The van der Waals surface area contributed by atoms with Gasteiger partial charge in [-0.1, -0.05) is 30.2 Å². The molecule has 3 aromatic heterocycles. The lowest BCUT2D eigenvalue weighted by Crippen LogP contribution is -2.43. The number of aryl methyl sites for hydroxylation is 2. The molecule has 4 rings (SSSR count). The van der Waals surface area contributed by atoms with Gasteiger partial charge in [0, 0.05) is 37.8 Å². The molecule has 1 N–H and O–H groups in total. The molecule has 0 aliphatic carbocycles. The van der Waals surface area contributed by atoms with Crippen LogP contribution in [0.4, 0.5) is 10.7 Å². The highest BCUT2D eigenvalue weighted by atomic mass is 16.6. The van der Waals surface area contributed by atoms with Crippen molar-refractivity contribution in [1.82, 2.24) is 29.0 Å². The van der Waals surface area contributed by atoms with Crippen LogP contribution in [0.2, 0.25) is 0 Å². The Hall–Kier alpha value is -4.59. The number of ether oxygens (including phenoxy) is 1. The summed E-state index contributed by atoms with van der Waals surface area (Å²) in [6.07, 6.45) is -0.522. The zero-order chi connectivity index (χ0) is 30.1. The van der Waals surface area contributed by atoms with E-state index in [1.165, 1.54) is 9.13 Å². The Morgan fingerprint density at radius 3 is 2.56 bits per heavy atom. The third kappa shape index (κ3) is 6.27. The van der Waals surface area contributed by atoms with Crippen LogP contribution in [-0.2, 0) is 24.9 Å². The van der Waals surface area contributed by atoms with Gasteiger partial charge >= 0.3 is 11.8 Å². The molecule has 216 valence electrons. The van der Waals surface area contributed by atoms with Gasteiger partial charge in [0.05, 0.1) is 18.8 Å². The molecule has 0 radical (unpaired) electrons. The zero-order valence-electron chi connectivity index (χ0n) is 24.9. The van der Waals surface area contributed by atoms with Crippen LogP contribution < -0.4 is 21.5 Å². The molecule has 4 aromatic rings. The minimum Gasteiger partial charge on any atom is -0.444 e. The van der Waals surface area contributed by atoms with Crippen LogP contribution in [-0.4, -0.2) is 55.0 Å². The van der Waals surface area contributed by atoms with Gasteiger partial charge < -0.3 is 15.0 Å². The van der Waals surface area contributed by atoms with Crippen molar-refractivity contribution in [1.29, 1.82) is 0 Å². The quantitative estimate of drug-likeness (QED) is 0.346. The summed E-state index contributed by atoms with van der Waals surface area (Å²) < 4.78 is 9.66. The van der Waals surface area contributed by atoms with E-state index in [0.29, 0.717) is 18.2 Å². The first-order chi connectivity index (χ1) is 19.3. The molecule has 1 amide bonds. The van der Waals surface area contributed by atoms with E-state index in [9.17, 15) is 14.4 Å². The van der Waals surface area contributed by atoms with E-state index in [4.69, 9.17) is 9.72 Å². The molecule has 11 heteroatoms. The molecule has 41 heavy (non-hydrogen) atoms. The summed E-state index contributed by atoms with van der Waals surface area (Å²) >= 11 is 0. The van der Waals surface area contributed by atoms with Crippen molar-refractivity contribution in [2.45, 2.75) is 66.3 Å². The van der Waals surface area contributed by atoms with Gasteiger partial charge in [-0.05, 0) is 53.0 Å². The van der Waals surface area contributed by atoms with Crippen molar-refractivity contribution >= 4 is 34.0 Å². The van der Waals surface area contributed by atoms with Gasteiger partial charge in [0.15, 0.2) is 11.2 Å². The van der Waals surface area contributed by atoms with Crippen LogP contribution in [0.5, 0.6) is 0 Å². The number of aromatic nitrogens is 5. The monoisotopic (exact) mass is 559 g/mol. The number of pyridine rings is 1. The lowest BCUT2D eigenvalue weighted by Gasteiger charge is -2.25. The molecule has 0 spiro atoms. The van der Waals surface area contributed by atoms with E-state index in [1.807, 2.05) is 56.1 Å². The first kappa shape index (κ1) is 29.4. The van der Waals surface area contributed by atoms with Gasteiger partial charge in [0.25, 0.3) is 5.56 Å². The Morgan fingerprint density at radius 1 is 1.17 bits per heavy atom. The van der Waals surface area contributed by atoms with E-state index in [-0.39, 0.29) is 30.3 Å². The molecule has 3 heterocycles. The number of anilines is 1. The van der Waals surface area contributed by atoms with Crippen LogP contribution in [0, 0.1) is 18.8 Å². The second-order valence-electron chi connectivity index (χ2n) is 11.2. The maximum absolute atomic E-state index is 14.0. The molecule has 0 saturated carbocycles. The van der Waals surface area contributed by atoms with Crippen LogP contribution in [0.25, 0.3) is 21.9 Å². The third-order valence-corrected chi connectivity index (χ3v) is 6.53. The SMILES string of the molecule is CC#CCn1c(N(C)C[C@H](C)NC(=O)OC(C)(C)C)nc2c1c(=O)n(Cc1nc(C)cc3ccccc13)c(=O)n2C. The molecule has 0 unspecified atom stereocenters. The van der Waals surface area contributed by atoms with Crippen LogP contribution in [0.1, 0.15) is 46.0 Å². The van der Waals surface area contributed by atoms with Crippen molar-refractivity contribution in [2.75, 3.05) is 18.5 Å². The lowest BCUT2D eigenvalue weighted by atomic mass is 10.1. The predicted octanol–water partition coefficient (Wildman–Crippen LogP) is 3.17. The molecule has 0 bridgehead atoms. The number of fused-ring (bicyclic) bond motifs is 2. The highest BCUT2D eigenvalue weighted by Crippen LogP contribution is 2.21. The number of hydrogen-bond donors (Lipinski definition) is 1. The van der Waals surface area contributed by atoms with Crippen molar-refractivity contribution in [2.24, 2.45) is 7.05 Å².